The maximum Gasteiger partial charge on any atom is 0.408 e. The average molecular weight is 442 g/mol. The highest BCUT2D eigenvalue weighted by molar-refractivity contribution is 5.91. The molecular formula is C23H26N2O7. The number of hydrogen-bond donors (Lipinski definition) is 3. The normalized spacial score (nSPS) is 12.2. The van der Waals surface area contributed by atoms with E-state index < -0.39 is 42.4 Å². The molecule has 32 heavy (non-hydrogen) atoms. The summed E-state index contributed by atoms with van der Waals surface area (Å²) < 4.78 is 9.93. The quantitative estimate of drug-likeness (QED) is 0.454. The lowest BCUT2D eigenvalue weighted by Crippen LogP contribution is -2.53. The van der Waals surface area contributed by atoms with Gasteiger partial charge in [0, 0.05) is 6.42 Å². The number of carboxylic acid groups (broad SMARTS) is 1. The zero-order valence-corrected chi connectivity index (χ0v) is 17.7. The van der Waals surface area contributed by atoms with Gasteiger partial charge >= 0.3 is 18.0 Å². The molecule has 170 valence electrons. The highest BCUT2D eigenvalue weighted by atomic mass is 16.5. The summed E-state index contributed by atoms with van der Waals surface area (Å²) in [6, 6.07) is 15.3. The van der Waals surface area contributed by atoms with Crippen molar-refractivity contribution in [3.8, 4) is 0 Å². The highest BCUT2D eigenvalue weighted by Gasteiger charge is 2.29. The molecule has 2 amide bonds. The van der Waals surface area contributed by atoms with Gasteiger partial charge < -0.3 is 25.2 Å². The van der Waals surface area contributed by atoms with Crippen LogP contribution >= 0.6 is 0 Å². The maximum absolute atomic E-state index is 12.8. The number of aliphatic carboxylic acids is 1. The molecule has 0 spiro atoms. The monoisotopic (exact) mass is 442 g/mol. The largest absolute Gasteiger partial charge is 0.480 e. The van der Waals surface area contributed by atoms with Gasteiger partial charge in [-0.15, -0.1) is 0 Å². The third-order valence-electron chi connectivity index (χ3n) is 4.39. The van der Waals surface area contributed by atoms with Crippen LogP contribution in [0.1, 0.15) is 24.5 Å². The van der Waals surface area contributed by atoms with Crippen molar-refractivity contribution in [1.29, 1.82) is 0 Å². The summed E-state index contributed by atoms with van der Waals surface area (Å²) in [5.74, 6) is -2.91. The van der Waals surface area contributed by atoms with Crippen molar-refractivity contribution in [2.45, 2.75) is 38.5 Å². The third-order valence-corrected chi connectivity index (χ3v) is 4.39. The van der Waals surface area contributed by atoms with Gasteiger partial charge in [0.2, 0.25) is 5.91 Å². The first kappa shape index (κ1) is 24.4. The van der Waals surface area contributed by atoms with Crippen LogP contribution in [0.3, 0.4) is 0 Å². The summed E-state index contributed by atoms with van der Waals surface area (Å²) in [5.41, 5.74) is 1.51. The van der Waals surface area contributed by atoms with Gasteiger partial charge in [-0.1, -0.05) is 60.7 Å². The number of carbonyl (C=O) groups is 4. The van der Waals surface area contributed by atoms with E-state index in [-0.39, 0.29) is 19.6 Å². The fourth-order valence-electron chi connectivity index (χ4n) is 2.83. The Balaban J connectivity index is 2.06. The van der Waals surface area contributed by atoms with Gasteiger partial charge in [-0.05, 0) is 18.1 Å². The first-order valence-electron chi connectivity index (χ1n) is 10.1. The molecule has 0 saturated heterocycles. The smallest absolute Gasteiger partial charge is 0.408 e. The van der Waals surface area contributed by atoms with Crippen molar-refractivity contribution >= 4 is 23.9 Å². The zero-order chi connectivity index (χ0) is 23.3. The topological polar surface area (TPSA) is 131 Å². The number of nitrogens with one attached hydrogen (secondary N) is 2. The summed E-state index contributed by atoms with van der Waals surface area (Å²) in [5, 5.41) is 14.1. The minimum atomic E-state index is -1.50. The van der Waals surface area contributed by atoms with Crippen molar-refractivity contribution in [2.75, 3.05) is 6.61 Å². The number of alkyl carbamates (subject to hydrolysis) is 1. The Morgan fingerprint density at radius 1 is 0.844 bits per heavy atom. The second kappa shape index (κ2) is 12.7. The number of ether oxygens (including phenoxy) is 2. The van der Waals surface area contributed by atoms with E-state index in [1.165, 1.54) is 0 Å². The van der Waals surface area contributed by atoms with Gasteiger partial charge in [0.25, 0.3) is 0 Å². The molecule has 0 aliphatic heterocycles. The van der Waals surface area contributed by atoms with E-state index >= 15 is 0 Å². The molecule has 0 aromatic heterocycles. The lowest BCUT2D eigenvalue weighted by molar-refractivity contribution is -0.150. The van der Waals surface area contributed by atoms with E-state index in [0.29, 0.717) is 0 Å². The van der Waals surface area contributed by atoms with Crippen LogP contribution < -0.4 is 10.6 Å². The van der Waals surface area contributed by atoms with Crippen LogP contribution in [0.25, 0.3) is 0 Å². The Kier molecular flexibility index (Phi) is 9.70. The van der Waals surface area contributed by atoms with Crippen LogP contribution in [0.15, 0.2) is 60.7 Å². The number of carbonyl (C=O) groups excluding carboxylic acids is 3. The second-order valence-corrected chi connectivity index (χ2v) is 6.86. The molecule has 0 aliphatic carbocycles. The second-order valence-electron chi connectivity index (χ2n) is 6.86. The summed E-state index contributed by atoms with van der Waals surface area (Å²) in [7, 11) is 0. The van der Waals surface area contributed by atoms with Gasteiger partial charge in [-0.2, -0.15) is 0 Å². The van der Waals surface area contributed by atoms with E-state index in [1.54, 1.807) is 61.5 Å². The van der Waals surface area contributed by atoms with Crippen molar-refractivity contribution in [3.05, 3.63) is 71.8 Å². The predicted molar refractivity (Wildman–Crippen MR) is 115 cm³/mol. The first-order chi connectivity index (χ1) is 15.4. The number of esters is 1. The number of hydrogen-bond acceptors (Lipinski definition) is 6. The molecule has 0 radical (unpaired) electrons. The van der Waals surface area contributed by atoms with Gasteiger partial charge in [0.05, 0.1) is 13.0 Å². The molecule has 0 fully saturated rings. The molecule has 2 rings (SSSR count). The summed E-state index contributed by atoms with van der Waals surface area (Å²) >= 11 is 0. The van der Waals surface area contributed by atoms with Crippen LogP contribution in [0.4, 0.5) is 4.79 Å². The number of amides is 2. The molecular weight excluding hydrogens is 416 g/mol. The SMILES string of the molecule is CCOC(=O)C[C@H](NC(=O)[C@H](Cc1ccccc1)NC(=O)OCc1ccccc1)C(=O)O. The van der Waals surface area contributed by atoms with Crippen molar-refractivity contribution in [2.24, 2.45) is 0 Å². The van der Waals surface area contributed by atoms with E-state index in [2.05, 4.69) is 10.6 Å². The minimum Gasteiger partial charge on any atom is -0.480 e. The first-order valence-corrected chi connectivity index (χ1v) is 10.1. The molecule has 2 atom stereocenters. The fraction of sp³-hybridized carbons (Fsp3) is 0.304. The predicted octanol–water partition coefficient (Wildman–Crippen LogP) is 2.05. The molecule has 9 nitrogen and oxygen atoms in total. The Bertz CT molecular complexity index is 903. The van der Waals surface area contributed by atoms with Crippen molar-refractivity contribution < 1.29 is 33.8 Å². The molecule has 0 aliphatic rings. The van der Waals surface area contributed by atoms with Crippen molar-refractivity contribution in [1.82, 2.24) is 10.6 Å². The Morgan fingerprint density at radius 2 is 1.44 bits per heavy atom. The van der Waals surface area contributed by atoms with Gasteiger partial charge in [0.1, 0.15) is 18.7 Å². The third kappa shape index (κ3) is 8.47. The Labute approximate surface area is 185 Å². The summed E-state index contributed by atoms with van der Waals surface area (Å²) in [4.78, 5) is 48.3. The van der Waals surface area contributed by atoms with E-state index in [0.717, 1.165) is 11.1 Å². The van der Waals surface area contributed by atoms with Crippen LogP contribution in [-0.4, -0.2) is 47.7 Å². The lowest BCUT2D eigenvalue weighted by Gasteiger charge is -2.21. The van der Waals surface area contributed by atoms with E-state index in [1.807, 2.05) is 6.07 Å². The number of rotatable bonds is 11. The van der Waals surface area contributed by atoms with E-state index in [9.17, 15) is 24.3 Å². The van der Waals surface area contributed by atoms with Crippen LogP contribution in [0.2, 0.25) is 0 Å². The molecule has 2 aromatic carbocycles. The molecule has 0 heterocycles. The zero-order valence-electron chi connectivity index (χ0n) is 17.7. The average Bonchev–Trinajstić information content (AvgIpc) is 2.78. The summed E-state index contributed by atoms with van der Waals surface area (Å²) in [6.07, 6.45) is -1.27. The number of benzene rings is 2. The lowest BCUT2D eigenvalue weighted by atomic mass is 10.0. The fourth-order valence-corrected chi connectivity index (χ4v) is 2.83. The van der Waals surface area contributed by atoms with Crippen molar-refractivity contribution in [3.63, 3.8) is 0 Å². The van der Waals surface area contributed by atoms with Crippen LogP contribution in [0, 0.1) is 0 Å². The standard InChI is InChI=1S/C23H26N2O7/c1-2-31-20(26)14-19(22(28)29)24-21(27)18(13-16-9-5-3-6-10-16)25-23(30)32-15-17-11-7-4-8-12-17/h3-12,18-19H,2,13-15H2,1H3,(H,24,27)(H,25,30)(H,28,29)/t18-,19-/m0/s1. The summed E-state index contributed by atoms with van der Waals surface area (Å²) in [6.45, 7) is 1.69. The maximum atomic E-state index is 12.8. The van der Waals surface area contributed by atoms with Gasteiger partial charge in [-0.25, -0.2) is 9.59 Å². The Hall–Kier alpha value is -3.88. The van der Waals surface area contributed by atoms with Gasteiger partial charge in [-0.3, -0.25) is 9.59 Å². The highest BCUT2D eigenvalue weighted by Crippen LogP contribution is 2.07. The molecule has 0 saturated carbocycles. The number of carboxylic acids is 1. The minimum absolute atomic E-state index is 0.00690. The van der Waals surface area contributed by atoms with Crippen LogP contribution in [0.5, 0.6) is 0 Å². The van der Waals surface area contributed by atoms with E-state index in [4.69, 9.17) is 9.47 Å². The molecule has 3 N–H and O–H groups in total. The molecule has 2 aromatic rings. The Morgan fingerprint density at radius 3 is 2.00 bits per heavy atom. The molecule has 0 unspecified atom stereocenters. The molecule has 0 bridgehead atoms. The molecule has 9 heteroatoms. The van der Waals surface area contributed by atoms with Crippen LogP contribution in [-0.2, 0) is 36.9 Å². The van der Waals surface area contributed by atoms with Gasteiger partial charge in [0.15, 0.2) is 0 Å².